The Balaban J connectivity index is 0.000000457. The van der Waals surface area contributed by atoms with Gasteiger partial charge in [-0.1, -0.05) is 26.0 Å². The van der Waals surface area contributed by atoms with Crippen molar-refractivity contribution >= 4 is 25.1 Å². The summed E-state index contributed by atoms with van der Waals surface area (Å²) < 4.78 is 80.3. The number of nitrogens with zero attached hydrogens (tertiary/aromatic N) is 3. The van der Waals surface area contributed by atoms with Gasteiger partial charge in [-0.25, -0.2) is 4.98 Å². The predicted molar refractivity (Wildman–Crippen MR) is 172 cm³/mol. The minimum atomic E-state index is -4.31. The predicted octanol–water partition coefficient (Wildman–Crippen LogP) is 8.65. The number of nitrogens with one attached hydrogen (secondary N) is 1. The molecule has 0 aliphatic heterocycles. The molecule has 0 spiro atoms. The molecule has 0 amide bonds. The van der Waals surface area contributed by atoms with Gasteiger partial charge in [0.2, 0.25) is 0 Å². The SMILES string of the molecule is C=O.C=O.CCCN(CCC)c1ccc(C(F)(F)F)cn1.Cc1cc(OC2CCC(Nc3ccc(CC(F)(F)F)cc3)CC2)ccn1. The molecule has 260 valence electrons. The number of carbonyl (C=O) groups is 2. The molecule has 3 aromatic rings. The summed E-state index contributed by atoms with van der Waals surface area (Å²) in [6.45, 7) is 11.6. The van der Waals surface area contributed by atoms with Crippen molar-refractivity contribution in [3.63, 3.8) is 0 Å². The third-order valence-electron chi connectivity index (χ3n) is 6.96. The van der Waals surface area contributed by atoms with E-state index in [-0.39, 0.29) is 11.7 Å². The van der Waals surface area contributed by atoms with E-state index in [0.29, 0.717) is 11.9 Å². The van der Waals surface area contributed by atoms with Crippen molar-refractivity contribution in [1.29, 1.82) is 0 Å². The maximum absolute atomic E-state index is 12.4. The molecule has 4 rings (SSSR count). The first-order valence-electron chi connectivity index (χ1n) is 15.2. The molecule has 7 nitrogen and oxygen atoms in total. The number of hydrogen-bond donors (Lipinski definition) is 1. The Morgan fingerprint density at radius 2 is 1.45 bits per heavy atom. The second kappa shape index (κ2) is 20.9. The first kappa shape index (κ1) is 40.9. The van der Waals surface area contributed by atoms with Gasteiger partial charge in [0.1, 0.15) is 25.1 Å². The topological polar surface area (TPSA) is 84.4 Å². The Hall–Kier alpha value is -4.16. The fraction of sp³-hybridized carbons (Fsp3) is 0.471. The van der Waals surface area contributed by atoms with Crippen LogP contribution in [0.5, 0.6) is 5.75 Å². The molecule has 2 heterocycles. The third-order valence-corrected chi connectivity index (χ3v) is 6.96. The third kappa shape index (κ3) is 15.8. The molecule has 1 aliphatic rings. The Labute approximate surface area is 272 Å². The van der Waals surface area contributed by atoms with E-state index in [1.807, 2.05) is 51.4 Å². The van der Waals surface area contributed by atoms with E-state index in [1.54, 1.807) is 18.3 Å². The molecule has 1 fully saturated rings. The molecule has 0 radical (unpaired) electrons. The van der Waals surface area contributed by atoms with E-state index >= 15 is 0 Å². The van der Waals surface area contributed by atoms with Crippen LogP contribution in [0.15, 0.2) is 60.9 Å². The van der Waals surface area contributed by atoms with Gasteiger partial charge >= 0.3 is 12.4 Å². The van der Waals surface area contributed by atoms with E-state index in [9.17, 15) is 26.3 Å². The van der Waals surface area contributed by atoms with Crippen LogP contribution in [0, 0.1) is 6.92 Å². The quantitative estimate of drug-likeness (QED) is 0.216. The molecule has 47 heavy (non-hydrogen) atoms. The number of carbonyl (C=O) groups excluding carboxylic acids is 2. The largest absolute Gasteiger partial charge is 0.490 e. The van der Waals surface area contributed by atoms with Gasteiger partial charge in [0.25, 0.3) is 0 Å². The lowest BCUT2D eigenvalue weighted by Gasteiger charge is -2.30. The average Bonchev–Trinajstić information content (AvgIpc) is 3.04. The number of pyridine rings is 2. The summed E-state index contributed by atoms with van der Waals surface area (Å²) in [7, 11) is 0. The second-order valence-corrected chi connectivity index (χ2v) is 10.7. The van der Waals surface area contributed by atoms with E-state index < -0.39 is 24.3 Å². The monoisotopic (exact) mass is 670 g/mol. The summed E-state index contributed by atoms with van der Waals surface area (Å²) in [4.78, 5) is 26.1. The van der Waals surface area contributed by atoms with Crippen LogP contribution in [-0.4, -0.2) is 55.0 Å². The molecule has 0 bridgehead atoms. The van der Waals surface area contributed by atoms with Crippen molar-refractivity contribution in [2.75, 3.05) is 23.3 Å². The van der Waals surface area contributed by atoms with Crippen LogP contribution in [0.2, 0.25) is 0 Å². The lowest BCUT2D eigenvalue weighted by molar-refractivity contribution is -0.137. The molecule has 1 N–H and O–H groups in total. The standard InChI is InChI=1S/C20H23F3N2O.C12H17F3N2.2CH2O/c1-14-12-19(10-11-24-14)26-18-8-6-17(7-9-18)25-16-4-2-15(3-5-16)13-20(21,22)23;1-3-7-17(8-4-2)11-6-5-10(9-16-11)12(13,14)15;2*1-2/h2-5,10-12,17-18,25H,6-9,13H2,1H3;5-6,9H,3-4,7-8H2,1-2H3;2*1H2. The van der Waals surface area contributed by atoms with Gasteiger partial charge in [-0.3, -0.25) is 4.98 Å². The summed E-state index contributed by atoms with van der Waals surface area (Å²) in [5, 5.41) is 3.42. The fourth-order valence-electron chi connectivity index (χ4n) is 4.92. The van der Waals surface area contributed by atoms with Crippen molar-refractivity contribution < 1.29 is 40.7 Å². The second-order valence-electron chi connectivity index (χ2n) is 10.7. The van der Waals surface area contributed by atoms with Gasteiger partial charge in [-0.15, -0.1) is 0 Å². The number of halogens is 6. The van der Waals surface area contributed by atoms with Crippen LogP contribution in [0.25, 0.3) is 0 Å². The Kier molecular flexibility index (Phi) is 18.1. The highest BCUT2D eigenvalue weighted by Crippen LogP contribution is 2.30. The highest BCUT2D eigenvalue weighted by Gasteiger charge is 2.31. The Morgan fingerprint density at radius 3 is 1.91 bits per heavy atom. The van der Waals surface area contributed by atoms with Crippen LogP contribution >= 0.6 is 0 Å². The summed E-state index contributed by atoms with van der Waals surface area (Å²) in [5.41, 5.74) is 1.39. The molecular formula is C34H44F6N4O3. The lowest BCUT2D eigenvalue weighted by atomic mass is 9.92. The first-order valence-corrected chi connectivity index (χ1v) is 15.2. The zero-order chi connectivity index (χ0) is 35.5. The lowest BCUT2D eigenvalue weighted by Crippen LogP contribution is -2.31. The van der Waals surface area contributed by atoms with E-state index in [2.05, 4.69) is 15.3 Å². The number of anilines is 2. The summed E-state index contributed by atoms with van der Waals surface area (Å²) in [6.07, 6.45) is -0.783. The zero-order valence-electron chi connectivity index (χ0n) is 27.0. The van der Waals surface area contributed by atoms with Crippen molar-refractivity contribution in [1.82, 2.24) is 9.97 Å². The van der Waals surface area contributed by atoms with Crippen molar-refractivity contribution in [3.05, 3.63) is 77.7 Å². The van der Waals surface area contributed by atoms with Crippen molar-refractivity contribution in [2.45, 2.75) is 90.2 Å². The fourth-order valence-corrected chi connectivity index (χ4v) is 4.92. The molecule has 0 atom stereocenters. The minimum Gasteiger partial charge on any atom is -0.490 e. The Morgan fingerprint density at radius 1 is 0.851 bits per heavy atom. The number of ether oxygens (including phenoxy) is 1. The number of rotatable bonds is 10. The highest BCUT2D eigenvalue weighted by molar-refractivity contribution is 5.45. The van der Waals surface area contributed by atoms with E-state index in [1.165, 1.54) is 18.2 Å². The van der Waals surface area contributed by atoms with Crippen LogP contribution in [-0.2, 0) is 22.2 Å². The van der Waals surface area contributed by atoms with E-state index in [4.69, 9.17) is 14.3 Å². The summed E-state index contributed by atoms with van der Waals surface area (Å²) in [6, 6.07) is 13.2. The zero-order valence-corrected chi connectivity index (χ0v) is 27.0. The summed E-state index contributed by atoms with van der Waals surface area (Å²) in [5.74, 6) is 1.47. The van der Waals surface area contributed by atoms with Crippen molar-refractivity contribution in [3.8, 4) is 5.75 Å². The maximum atomic E-state index is 12.4. The van der Waals surface area contributed by atoms with Crippen LogP contribution in [0.3, 0.4) is 0 Å². The van der Waals surface area contributed by atoms with Crippen LogP contribution < -0.4 is 15.0 Å². The number of aryl methyl sites for hydroxylation is 1. The number of aromatic nitrogens is 2. The normalized spacial score (nSPS) is 15.8. The van der Waals surface area contributed by atoms with Crippen LogP contribution in [0.1, 0.15) is 69.2 Å². The van der Waals surface area contributed by atoms with Gasteiger partial charge in [0.05, 0.1) is 18.1 Å². The van der Waals surface area contributed by atoms with Gasteiger partial charge in [0, 0.05) is 49.0 Å². The molecule has 1 saturated carbocycles. The van der Waals surface area contributed by atoms with Gasteiger partial charge in [-0.05, 0) is 81.3 Å². The van der Waals surface area contributed by atoms with Crippen molar-refractivity contribution in [2.24, 2.45) is 0 Å². The number of alkyl halides is 6. The highest BCUT2D eigenvalue weighted by atomic mass is 19.4. The molecule has 0 unspecified atom stereocenters. The molecular weight excluding hydrogens is 626 g/mol. The molecule has 2 aromatic heterocycles. The van der Waals surface area contributed by atoms with Crippen LogP contribution in [0.4, 0.5) is 37.8 Å². The summed E-state index contributed by atoms with van der Waals surface area (Å²) >= 11 is 0. The minimum absolute atomic E-state index is 0.198. The molecule has 0 saturated heterocycles. The first-order chi connectivity index (χ1) is 22.4. The van der Waals surface area contributed by atoms with Gasteiger partial charge in [0.15, 0.2) is 0 Å². The number of hydrogen-bond acceptors (Lipinski definition) is 7. The van der Waals surface area contributed by atoms with Gasteiger partial charge in [-0.2, -0.15) is 26.3 Å². The molecule has 13 heteroatoms. The molecule has 1 aromatic carbocycles. The van der Waals surface area contributed by atoms with E-state index in [0.717, 1.165) is 81.0 Å². The molecule has 1 aliphatic carbocycles. The van der Waals surface area contributed by atoms with Gasteiger partial charge < -0.3 is 24.5 Å². The number of benzene rings is 1. The smallest absolute Gasteiger partial charge is 0.417 e. The Bertz CT molecular complexity index is 1260. The maximum Gasteiger partial charge on any atom is 0.417 e. The average molecular weight is 671 g/mol.